The number of hydrogen-bond donors (Lipinski definition) is 4. The molecule has 3 atom stereocenters. The van der Waals surface area contributed by atoms with E-state index in [2.05, 4.69) is 10.6 Å². The summed E-state index contributed by atoms with van der Waals surface area (Å²) in [6, 6.07) is 0.127. The van der Waals surface area contributed by atoms with Gasteiger partial charge in [0.15, 0.2) is 0 Å². The minimum atomic E-state index is -1.23. The maximum absolute atomic E-state index is 13.3. The van der Waals surface area contributed by atoms with E-state index in [1.165, 1.54) is 17.0 Å². The number of carbonyl (C=O) groups is 5. The zero-order valence-electron chi connectivity index (χ0n) is 19.3. The summed E-state index contributed by atoms with van der Waals surface area (Å²) in [6.07, 6.45) is 0.729. The fourth-order valence-corrected chi connectivity index (χ4v) is 3.91. The van der Waals surface area contributed by atoms with Crippen LogP contribution in [0.1, 0.15) is 54.6 Å². The smallest absolute Gasteiger partial charge is 0.305 e. The SMILES string of the molecule is Cc1cc(C(=O)N[C@H](C(=O)N2CCCC2C(=O)N[C@H](C=O)CC(=O)O)C(C)C)cc(C)c1O. The Hall–Kier alpha value is -3.43. The van der Waals surface area contributed by atoms with Crippen LogP contribution in [0.5, 0.6) is 5.75 Å². The van der Waals surface area contributed by atoms with Crippen molar-refractivity contribution in [2.24, 2.45) is 5.92 Å². The van der Waals surface area contributed by atoms with Crippen molar-refractivity contribution in [1.82, 2.24) is 15.5 Å². The van der Waals surface area contributed by atoms with Gasteiger partial charge in [0.05, 0.1) is 12.5 Å². The lowest BCUT2D eigenvalue weighted by Gasteiger charge is -2.31. The third-order valence-corrected chi connectivity index (χ3v) is 5.70. The second-order valence-corrected chi connectivity index (χ2v) is 8.69. The highest BCUT2D eigenvalue weighted by molar-refractivity contribution is 5.99. The summed E-state index contributed by atoms with van der Waals surface area (Å²) in [5.41, 5.74) is 1.38. The fourth-order valence-electron chi connectivity index (χ4n) is 3.91. The number of likely N-dealkylation sites (tertiary alicyclic amines) is 1. The summed E-state index contributed by atoms with van der Waals surface area (Å²) >= 11 is 0. The molecule has 1 aromatic carbocycles. The predicted molar refractivity (Wildman–Crippen MR) is 119 cm³/mol. The molecular formula is C23H31N3O7. The number of aldehydes is 1. The van der Waals surface area contributed by atoms with Gasteiger partial charge in [0.25, 0.3) is 5.91 Å². The highest BCUT2D eigenvalue weighted by Crippen LogP contribution is 2.24. The van der Waals surface area contributed by atoms with E-state index in [9.17, 15) is 29.1 Å². The van der Waals surface area contributed by atoms with Crippen LogP contribution in [0.25, 0.3) is 0 Å². The molecule has 1 unspecified atom stereocenters. The van der Waals surface area contributed by atoms with Gasteiger partial charge < -0.3 is 30.5 Å². The van der Waals surface area contributed by atoms with Crippen molar-refractivity contribution in [3.63, 3.8) is 0 Å². The van der Waals surface area contributed by atoms with Gasteiger partial charge in [-0.3, -0.25) is 19.2 Å². The van der Waals surface area contributed by atoms with Crippen molar-refractivity contribution >= 4 is 30.0 Å². The number of carbonyl (C=O) groups excluding carboxylic acids is 4. The number of phenolic OH excluding ortho intramolecular Hbond substituents is 1. The number of nitrogens with zero attached hydrogens (tertiary/aromatic N) is 1. The zero-order chi connectivity index (χ0) is 24.9. The molecule has 0 bridgehead atoms. The quantitative estimate of drug-likeness (QED) is 0.399. The van der Waals surface area contributed by atoms with Crippen molar-refractivity contribution < 1.29 is 34.2 Å². The molecule has 1 aromatic rings. The molecule has 4 N–H and O–H groups in total. The number of aliphatic carboxylic acids is 1. The van der Waals surface area contributed by atoms with E-state index in [0.717, 1.165) is 0 Å². The van der Waals surface area contributed by atoms with Crippen molar-refractivity contribution in [2.45, 2.75) is 65.1 Å². The third kappa shape index (κ3) is 6.30. The van der Waals surface area contributed by atoms with Crippen LogP contribution in [-0.4, -0.2) is 69.8 Å². The largest absolute Gasteiger partial charge is 0.507 e. The summed E-state index contributed by atoms with van der Waals surface area (Å²) in [5, 5.41) is 23.9. The number of phenols is 1. The van der Waals surface area contributed by atoms with Gasteiger partial charge in [-0.2, -0.15) is 0 Å². The number of aryl methyl sites for hydroxylation is 2. The van der Waals surface area contributed by atoms with Crippen LogP contribution in [-0.2, 0) is 19.2 Å². The Labute approximate surface area is 192 Å². The number of hydrogen-bond acceptors (Lipinski definition) is 6. The minimum Gasteiger partial charge on any atom is -0.507 e. The summed E-state index contributed by atoms with van der Waals surface area (Å²) < 4.78 is 0. The van der Waals surface area contributed by atoms with Gasteiger partial charge in [0.2, 0.25) is 11.8 Å². The molecule has 0 radical (unpaired) electrons. The van der Waals surface area contributed by atoms with Gasteiger partial charge >= 0.3 is 5.97 Å². The lowest BCUT2D eigenvalue weighted by atomic mass is 10.0. The number of carboxylic acid groups (broad SMARTS) is 1. The Morgan fingerprint density at radius 1 is 1.15 bits per heavy atom. The van der Waals surface area contributed by atoms with E-state index in [1.807, 2.05) is 0 Å². The first-order chi connectivity index (χ1) is 15.5. The molecule has 0 spiro atoms. The highest BCUT2D eigenvalue weighted by atomic mass is 16.4. The number of benzene rings is 1. The molecule has 33 heavy (non-hydrogen) atoms. The second kappa shape index (κ2) is 10.9. The molecule has 3 amide bonds. The molecule has 10 nitrogen and oxygen atoms in total. The fraction of sp³-hybridized carbons (Fsp3) is 0.522. The number of rotatable bonds is 9. The van der Waals surface area contributed by atoms with Gasteiger partial charge in [0.1, 0.15) is 24.1 Å². The molecule has 1 aliphatic rings. The molecule has 1 aliphatic heterocycles. The lowest BCUT2D eigenvalue weighted by molar-refractivity contribution is -0.142. The Kier molecular flexibility index (Phi) is 8.56. The first kappa shape index (κ1) is 25.8. The first-order valence-corrected chi connectivity index (χ1v) is 10.8. The van der Waals surface area contributed by atoms with E-state index >= 15 is 0 Å². The maximum Gasteiger partial charge on any atom is 0.305 e. The van der Waals surface area contributed by atoms with Crippen molar-refractivity contribution in [3.8, 4) is 5.75 Å². The highest BCUT2D eigenvalue weighted by Gasteiger charge is 2.39. The van der Waals surface area contributed by atoms with Crippen LogP contribution >= 0.6 is 0 Å². The normalized spacial score (nSPS) is 17.4. The molecule has 2 rings (SSSR count). The molecule has 10 heteroatoms. The molecule has 180 valence electrons. The molecule has 1 saturated heterocycles. The Balaban J connectivity index is 2.17. The van der Waals surface area contributed by atoms with Gasteiger partial charge in [-0.25, -0.2) is 0 Å². The van der Waals surface area contributed by atoms with Crippen LogP contribution in [0.15, 0.2) is 12.1 Å². The van der Waals surface area contributed by atoms with Crippen LogP contribution in [0.2, 0.25) is 0 Å². The van der Waals surface area contributed by atoms with E-state index < -0.39 is 48.2 Å². The summed E-state index contributed by atoms with van der Waals surface area (Å²) in [6.45, 7) is 7.20. The van der Waals surface area contributed by atoms with Gasteiger partial charge in [-0.15, -0.1) is 0 Å². The zero-order valence-corrected chi connectivity index (χ0v) is 19.3. The summed E-state index contributed by atoms with van der Waals surface area (Å²) in [4.78, 5) is 62.2. The van der Waals surface area contributed by atoms with Gasteiger partial charge in [-0.1, -0.05) is 13.8 Å². The van der Waals surface area contributed by atoms with Gasteiger partial charge in [0, 0.05) is 12.1 Å². The molecular weight excluding hydrogens is 430 g/mol. The van der Waals surface area contributed by atoms with Crippen molar-refractivity contribution in [1.29, 1.82) is 0 Å². The van der Waals surface area contributed by atoms with Crippen LogP contribution in [0.4, 0.5) is 0 Å². The van der Waals surface area contributed by atoms with E-state index in [0.29, 0.717) is 42.4 Å². The maximum atomic E-state index is 13.3. The predicted octanol–water partition coefficient (Wildman–Crippen LogP) is 0.913. The number of carboxylic acids is 1. The van der Waals surface area contributed by atoms with Crippen LogP contribution in [0.3, 0.4) is 0 Å². The molecule has 1 fully saturated rings. The van der Waals surface area contributed by atoms with Crippen molar-refractivity contribution in [3.05, 3.63) is 28.8 Å². The molecule has 0 aromatic heterocycles. The molecule has 0 aliphatic carbocycles. The van der Waals surface area contributed by atoms with Gasteiger partial charge in [-0.05, 0) is 55.9 Å². The topological polar surface area (TPSA) is 153 Å². The monoisotopic (exact) mass is 461 g/mol. The first-order valence-electron chi connectivity index (χ1n) is 10.8. The van der Waals surface area contributed by atoms with Crippen LogP contribution < -0.4 is 10.6 Å². The standard InChI is InChI=1S/C23H31N3O7/c1-12(2)19(25-21(31)15-8-13(3)20(30)14(4)9-15)23(33)26-7-5-6-17(26)22(32)24-16(11-27)10-18(28)29/h8-9,11-12,16-17,19,30H,5-7,10H2,1-4H3,(H,24,32)(H,25,31)(H,28,29)/t16-,17?,19-/m0/s1. The third-order valence-electron chi connectivity index (χ3n) is 5.70. The second-order valence-electron chi connectivity index (χ2n) is 8.69. The minimum absolute atomic E-state index is 0.102. The van der Waals surface area contributed by atoms with E-state index in [4.69, 9.17) is 5.11 Å². The summed E-state index contributed by atoms with van der Waals surface area (Å²) in [7, 11) is 0. The average Bonchev–Trinajstić information content (AvgIpc) is 3.23. The Bertz CT molecular complexity index is 921. The van der Waals surface area contributed by atoms with Crippen LogP contribution in [0, 0.1) is 19.8 Å². The molecule has 1 heterocycles. The summed E-state index contributed by atoms with van der Waals surface area (Å²) in [5.74, 6) is -2.91. The Morgan fingerprint density at radius 2 is 1.76 bits per heavy atom. The van der Waals surface area contributed by atoms with E-state index in [1.54, 1.807) is 27.7 Å². The lowest BCUT2D eigenvalue weighted by Crippen LogP contribution is -2.56. The van der Waals surface area contributed by atoms with Crippen molar-refractivity contribution in [2.75, 3.05) is 6.54 Å². The number of aromatic hydroxyl groups is 1. The number of nitrogens with one attached hydrogen (secondary N) is 2. The van der Waals surface area contributed by atoms with E-state index in [-0.39, 0.29) is 11.7 Å². The molecule has 0 saturated carbocycles. The Morgan fingerprint density at radius 3 is 2.27 bits per heavy atom. The average molecular weight is 462 g/mol. The number of amides is 3.